The van der Waals surface area contributed by atoms with Gasteiger partial charge in [-0.1, -0.05) is 39.8 Å². The highest BCUT2D eigenvalue weighted by Crippen LogP contribution is 2.29. The van der Waals surface area contributed by atoms with E-state index in [4.69, 9.17) is 0 Å². The molecule has 0 saturated carbocycles. The van der Waals surface area contributed by atoms with E-state index in [1.807, 2.05) is 0 Å². The third kappa shape index (κ3) is 2.15. The minimum atomic E-state index is 0.632. The van der Waals surface area contributed by atoms with Gasteiger partial charge in [0.05, 0.1) is 0 Å². The van der Waals surface area contributed by atoms with Crippen LogP contribution in [0.4, 0.5) is 0 Å². The Morgan fingerprint density at radius 2 is 1.81 bits per heavy atom. The molecule has 1 heteroatoms. The maximum absolute atomic E-state index is 3.48. The second kappa shape index (κ2) is 4.58. The van der Waals surface area contributed by atoms with E-state index in [0.717, 1.165) is 13.1 Å². The van der Waals surface area contributed by atoms with E-state index in [2.05, 4.69) is 45.1 Å². The van der Waals surface area contributed by atoms with Crippen molar-refractivity contribution in [2.75, 3.05) is 6.54 Å². The summed E-state index contributed by atoms with van der Waals surface area (Å²) in [4.78, 5) is 0. The van der Waals surface area contributed by atoms with Crippen LogP contribution in [0.1, 0.15) is 61.8 Å². The molecular formula is C15H23N. The van der Waals surface area contributed by atoms with Gasteiger partial charge in [0.15, 0.2) is 0 Å². The quantitative estimate of drug-likeness (QED) is 0.798. The summed E-state index contributed by atoms with van der Waals surface area (Å²) in [5.41, 5.74) is 6.19. The zero-order chi connectivity index (χ0) is 11.7. The molecule has 0 fully saturated rings. The number of hydrogen-bond donors (Lipinski definition) is 1. The Kier molecular flexibility index (Phi) is 3.34. The monoisotopic (exact) mass is 217 g/mol. The van der Waals surface area contributed by atoms with E-state index in [0.29, 0.717) is 11.8 Å². The van der Waals surface area contributed by atoms with Gasteiger partial charge in [0, 0.05) is 6.54 Å². The molecule has 0 amide bonds. The maximum Gasteiger partial charge on any atom is 0.0211 e. The molecule has 1 aromatic carbocycles. The van der Waals surface area contributed by atoms with Crippen LogP contribution in [0.3, 0.4) is 0 Å². The van der Waals surface area contributed by atoms with Gasteiger partial charge in [-0.05, 0) is 47.1 Å². The lowest BCUT2D eigenvalue weighted by atomic mass is 9.86. The largest absolute Gasteiger partial charge is 0.312 e. The van der Waals surface area contributed by atoms with E-state index in [1.54, 1.807) is 16.7 Å². The third-order valence-electron chi connectivity index (χ3n) is 3.56. The summed E-state index contributed by atoms with van der Waals surface area (Å²) in [5, 5.41) is 3.48. The van der Waals surface area contributed by atoms with E-state index in [-0.39, 0.29) is 0 Å². The minimum Gasteiger partial charge on any atom is -0.312 e. The van der Waals surface area contributed by atoms with Gasteiger partial charge < -0.3 is 5.32 Å². The lowest BCUT2D eigenvalue weighted by Crippen LogP contribution is -2.25. The average Bonchev–Trinajstić information content (AvgIpc) is 2.27. The topological polar surface area (TPSA) is 12.0 Å². The normalized spacial score (nSPS) is 15.6. The standard InChI is InChI=1S/C15H23N/c1-10(2)13-7-12-5-6-16-9-15(12)14(8-13)11(3)4/h7-8,10-11,16H,5-6,9H2,1-4H3. The van der Waals surface area contributed by atoms with Crippen molar-refractivity contribution in [1.29, 1.82) is 0 Å². The number of benzene rings is 1. The Labute approximate surface area is 99.3 Å². The van der Waals surface area contributed by atoms with Gasteiger partial charge in [-0.25, -0.2) is 0 Å². The van der Waals surface area contributed by atoms with Crippen molar-refractivity contribution >= 4 is 0 Å². The highest BCUT2D eigenvalue weighted by Gasteiger charge is 2.16. The van der Waals surface area contributed by atoms with Crippen molar-refractivity contribution in [1.82, 2.24) is 5.32 Å². The fourth-order valence-corrected chi connectivity index (χ4v) is 2.51. The first-order valence-electron chi connectivity index (χ1n) is 6.46. The summed E-state index contributed by atoms with van der Waals surface area (Å²) in [5.74, 6) is 1.27. The van der Waals surface area contributed by atoms with Crippen LogP contribution in [0.5, 0.6) is 0 Å². The van der Waals surface area contributed by atoms with Gasteiger partial charge in [-0.3, -0.25) is 0 Å². The van der Waals surface area contributed by atoms with Crippen molar-refractivity contribution in [3.63, 3.8) is 0 Å². The molecule has 1 heterocycles. The summed E-state index contributed by atoms with van der Waals surface area (Å²) in [6.45, 7) is 11.4. The fourth-order valence-electron chi connectivity index (χ4n) is 2.51. The molecule has 1 aliphatic rings. The van der Waals surface area contributed by atoms with Crippen LogP contribution in [0.2, 0.25) is 0 Å². The van der Waals surface area contributed by atoms with Crippen LogP contribution in [-0.2, 0) is 13.0 Å². The molecule has 1 nitrogen and oxygen atoms in total. The van der Waals surface area contributed by atoms with E-state index >= 15 is 0 Å². The molecule has 0 radical (unpaired) electrons. The lowest BCUT2D eigenvalue weighted by Gasteiger charge is -2.24. The Hall–Kier alpha value is -0.820. The molecule has 1 aliphatic heterocycles. The average molecular weight is 217 g/mol. The zero-order valence-corrected chi connectivity index (χ0v) is 10.9. The maximum atomic E-state index is 3.48. The Bertz CT molecular complexity index is 377. The number of hydrogen-bond acceptors (Lipinski definition) is 1. The number of nitrogens with one attached hydrogen (secondary N) is 1. The van der Waals surface area contributed by atoms with E-state index < -0.39 is 0 Å². The summed E-state index contributed by atoms with van der Waals surface area (Å²) in [6, 6.07) is 4.84. The number of rotatable bonds is 2. The Morgan fingerprint density at radius 1 is 1.06 bits per heavy atom. The summed E-state index contributed by atoms with van der Waals surface area (Å²) < 4.78 is 0. The molecule has 1 N–H and O–H groups in total. The summed E-state index contributed by atoms with van der Waals surface area (Å²) in [7, 11) is 0. The molecule has 16 heavy (non-hydrogen) atoms. The molecule has 0 aromatic heterocycles. The van der Waals surface area contributed by atoms with Crippen molar-refractivity contribution < 1.29 is 0 Å². The molecule has 88 valence electrons. The van der Waals surface area contributed by atoms with Crippen molar-refractivity contribution in [3.8, 4) is 0 Å². The molecule has 0 bridgehead atoms. The molecule has 0 unspecified atom stereocenters. The zero-order valence-electron chi connectivity index (χ0n) is 10.9. The van der Waals surface area contributed by atoms with E-state index in [1.165, 1.54) is 12.0 Å². The van der Waals surface area contributed by atoms with Crippen LogP contribution < -0.4 is 5.32 Å². The van der Waals surface area contributed by atoms with Crippen LogP contribution in [0.25, 0.3) is 0 Å². The first kappa shape index (κ1) is 11.7. The van der Waals surface area contributed by atoms with Gasteiger partial charge >= 0.3 is 0 Å². The van der Waals surface area contributed by atoms with Crippen molar-refractivity contribution in [2.45, 2.75) is 52.5 Å². The SMILES string of the molecule is CC(C)c1cc2c(c(C(C)C)c1)CNCC2. The molecule has 0 aliphatic carbocycles. The third-order valence-corrected chi connectivity index (χ3v) is 3.56. The van der Waals surface area contributed by atoms with Crippen molar-refractivity contribution in [2.24, 2.45) is 0 Å². The molecule has 1 aromatic rings. The van der Waals surface area contributed by atoms with Gasteiger partial charge in [0.25, 0.3) is 0 Å². The van der Waals surface area contributed by atoms with Gasteiger partial charge in [0.1, 0.15) is 0 Å². The van der Waals surface area contributed by atoms with Crippen LogP contribution in [-0.4, -0.2) is 6.54 Å². The first-order chi connectivity index (χ1) is 7.59. The predicted octanol–water partition coefficient (Wildman–Crippen LogP) is 3.58. The second-order valence-electron chi connectivity index (χ2n) is 5.48. The highest BCUT2D eigenvalue weighted by molar-refractivity contribution is 5.43. The molecule has 0 spiro atoms. The second-order valence-corrected chi connectivity index (χ2v) is 5.48. The van der Waals surface area contributed by atoms with Crippen LogP contribution >= 0.6 is 0 Å². The van der Waals surface area contributed by atoms with Gasteiger partial charge in [-0.15, -0.1) is 0 Å². The molecule has 0 saturated heterocycles. The Morgan fingerprint density at radius 3 is 2.44 bits per heavy atom. The smallest absolute Gasteiger partial charge is 0.0211 e. The molecule has 2 rings (SSSR count). The Balaban J connectivity index is 2.52. The van der Waals surface area contributed by atoms with Crippen LogP contribution in [0.15, 0.2) is 12.1 Å². The van der Waals surface area contributed by atoms with Crippen LogP contribution in [0, 0.1) is 0 Å². The van der Waals surface area contributed by atoms with Crippen molar-refractivity contribution in [3.05, 3.63) is 34.4 Å². The predicted molar refractivity (Wildman–Crippen MR) is 70.0 cm³/mol. The lowest BCUT2D eigenvalue weighted by molar-refractivity contribution is 0.629. The van der Waals surface area contributed by atoms with E-state index in [9.17, 15) is 0 Å². The molecular weight excluding hydrogens is 194 g/mol. The highest BCUT2D eigenvalue weighted by atomic mass is 14.9. The minimum absolute atomic E-state index is 0.632. The summed E-state index contributed by atoms with van der Waals surface area (Å²) in [6.07, 6.45) is 1.19. The first-order valence-corrected chi connectivity index (χ1v) is 6.46. The summed E-state index contributed by atoms with van der Waals surface area (Å²) >= 11 is 0. The van der Waals surface area contributed by atoms with Gasteiger partial charge in [0.2, 0.25) is 0 Å². The molecule has 0 atom stereocenters. The van der Waals surface area contributed by atoms with Gasteiger partial charge in [-0.2, -0.15) is 0 Å². The fraction of sp³-hybridized carbons (Fsp3) is 0.600. The number of fused-ring (bicyclic) bond motifs is 1.